The molecule has 0 aliphatic carbocycles. The van der Waals surface area contributed by atoms with Crippen LogP contribution in [0.1, 0.15) is 24.0 Å². The molecular weight excluding hydrogens is 290 g/mol. The van der Waals surface area contributed by atoms with Crippen molar-refractivity contribution in [2.24, 2.45) is 0 Å². The summed E-state index contributed by atoms with van der Waals surface area (Å²) in [6.45, 7) is 1.79. The minimum absolute atomic E-state index is 0.0302. The SMILES string of the molecule is C[C@H](c1ccccc1)[C@H](CO)NC(=O)Nc1cccc(C#N)c1. The van der Waals surface area contributed by atoms with Crippen LogP contribution in [0.2, 0.25) is 0 Å². The summed E-state index contributed by atoms with van der Waals surface area (Å²) in [6, 6.07) is 17.6. The molecule has 2 atom stereocenters. The smallest absolute Gasteiger partial charge is 0.319 e. The molecule has 118 valence electrons. The highest BCUT2D eigenvalue weighted by Gasteiger charge is 2.20. The monoisotopic (exact) mass is 309 g/mol. The van der Waals surface area contributed by atoms with Crippen LogP contribution in [0.15, 0.2) is 54.6 Å². The fourth-order valence-corrected chi connectivity index (χ4v) is 2.32. The summed E-state index contributed by atoms with van der Waals surface area (Å²) in [4.78, 5) is 12.1. The minimum atomic E-state index is -0.415. The molecule has 0 unspecified atom stereocenters. The van der Waals surface area contributed by atoms with Crippen molar-refractivity contribution in [2.45, 2.75) is 18.9 Å². The predicted octanol–water partition coefficient (Wildman–Crippen LogP) is 2.84. The molecule has 0 saturated heterocycles. The summed E-state index contributed by atoms with van der Waals surface area (Å²) >= 11 is 0. The second-order valence-corrected chi connectivity index (χ2v) is 5.28. The maximum Gasteiger partial charge on any atom is 0.319 e. The zero-order valence-corrected chi connectivity index (χ0v) is 12.9. The number of anilines is 1. The van der Waals surface area contributed by atoms with Crippen molar-refractivity contribution >= 4 is 11.7 Å². The van der Waals surface area contributed by atoms with Gasteiger partial charge < -0.3 is 15.7 Å². The van der Waals surface area contributed by atoms with Crippen molar-refractivity contribution in [1.29, 1.82) is 5.26 Å². The van der Waals surface area contributed by atoms with Crippen LogP contribution in [0.25, 0.3) is 0 Å². The van der Waals surface area contributed by atoms with Gasteiger partial charge in [0.15, 0.2) is 0 Å². The lowest BCUT2D eigenvalue weighted by Crippen LogP contribution is -2.43. The Bertz CT molecular complexity index is 695. The summed E-state index contributed by atoms with van der Waals surface area (Å²) in [5.41, 5.74) is 2.04. The van der Waals surface area contributed by atoms with E-state index in [9.17, 15) is 9.90 Å². The second-order valence-electron chi connectivity index (χ2n) is 5.28. The minimum Gasteiger partial charge on any atom is -0.394 e. The fraction of sp³-hybridized carbons (Fsp3) is 0.222. The van der Waals surface area contributed by atoms with E-state index in [1.54, 1.807) is 24.3 Å². The first-order chi connectivity index (χ1) is 11.1. The van der Waals surface area contributed by atoms with Gasteiger partial charge in [0.1, 0.15) is 0 Å². The van der Waals surface area contributed by atoms with Gasteiger partial charge in [0, 0.05) is 11.6 Å². The van der Waals surface area contributed by atoms with Crippen LogP contribution in [0.4, 0.5) is 10.5 Å². The zero-order valence-electron chi connectivity index (χ0n) is 12.9. The third-order valence-electron chi connectivity index (χ3n) is 3.69. The molecule has 0 aliphatic heterocycles. The molecule has 23 heavy (non-hydrogen) atoms. The summed E-state index contributed by atoms with van der Waals surface area (Å²) in [5, 5.41) is 23.9. The third kappa shape index (κ3) is 4.56. The summed E-state index contributed by atoms with van der Waals surface area (Å²) < 4.78 is 0. The largest absolute Gasteiger partial charge is 0.394 e. The van der Waals surface area contributed by atoms with Gasteiger partial charge in [-0.25, -0.2) is 4.79 Å². The van der Waals surface area contributed by atoms with Crippen LogP contribution in [0.3, 0.4) is 0 Å². The number of carbonyl (C=O) groups is 1. The first-order valence-corrected chi connectivity index (χ1v) is 7.37. The molecule has 5 nitrogen and oxygen atoms in total. The van der Waals surface area contributed by atoms with Crippen molar-refractivity contribution in [3.63, 3.8) is 0 Å². The molecule has 2 aromatic carbocycles. The quantitative estimate of drug-likeness (QED) is 0.794. The maximum absolute atomic E-state index is 12.1. The third-order valence-corrected chi connectivity index (χ3v) is 3.69. The van der Waals surface area contributed by atoms with Gasteiger partial charge >= 0.3 is 6.03 Å². The number of urea groups is 1. The van der Waals surface area contributed by atoms with E-state index in [0.717, 1.165) is 5.56 Å². The zero-order chi connectivity index (χ0) is 16.7. The fourth-order valence-electron chi connectivity index (χ4n) is 2.32. The van der Waals surface area contributed by atoms with E-state index in [4.69, 9.17) is 5.26 Å². The normalized spacial score (nSPS) is 12.7. The molecule has 0 fully saturated rings. The van der Waals surface area contributed by atoms with E-state index in [1.165, 1.54) is 0 Å². The van der Waals surface area contributed by atoms with Crippen LogP contribution in [-0.2, 0) is 0 Å². The Morgan fingerprint density at radius 2 is 1.96 bits per heavy atom. The van der Waals surface area contributed by atoms with Crippen LogP contribution in [-0.4, -0.2) is 23.8 Å². The molecule has 0 spiro atoms. The lowest BCUT2D eigenvalue weighted by molar-refractivity contribution is 0.215. The molecule has 2 aromatic rings. The summed E-state index contributed by atoms with van der Waals surface area (Å²) in [7, 11) is 0. The predicted molar refractivity (Wildman–Crippen MR) is 89.0 cm³/mol. The van der Waals surface area contributed by atoms with Gasteiger partial charge in [-0.1, -0.05) is 43.3 Å². The Balaban J connectivity index is 2.01. The Hall–Kier alpha value is -2.84. The van der Waals surface area contributed by atoms with Gasteiger partial charge in [-0.15, -0.1) is 0 Å². The molecule has 0 saturated carbocycles. The van der Waals surface area contributed by atoms with Gasteiger partial charge in [0.2, 0.25) is 0 Å². The van der Waals surface area contributed by atoms with Crippen LogP contribution < -0.4 is 10.6 Å². The maximum atomic E-state index is 12.1. The number of nitrogens with zero attached hydrogens (tertiary/aromatic N) is 1. The van der Waals surface area contributed by atoms with Crippen molar-refractivity contribution in [2.75, 3.05) is 11.9 Å². The molecule has 0 radical (unpaired) electrons. The number of benzene rings is 2. The van der Waals surface area contributed by atoms with Gasteiger partial charge in [-0.2, -0.15) is 5.26 Å². The van der Waals surface area contributed by atoms with E-state index in [2.05, 4.69) is 10.6 Å². The average molecular weight is 309 g/mol. The highest BCUT2D eigenvalue weighted by molar-refractivity contribution is 5.89. The van der Waals surface area contributed by atoms with E-state index in [-0.39, 0.29) is 12.5 Å². The lowest BCUT2D eigenvalue weighted by atomic mass is 9.94. The molecule has 0 bridgehead atoms. The number of rotatable bonds is 5. The van der Waals surface area contributed by atoms with Crippen molar-refractivity contribution in [3.05, 3.63) is 65.7 Å². The van der Waals surface area contributed by atoms with Gasteiger partial charge in [-0.05, 0) is 23.8 Å². The van der Waals surface area contributed by atoms with E-state index < -0.39 is 12.1 Å². The Labute approximate surface area is 135 Å². The number of hydrogen-bond donors (Lipinski definition) is 3. The standard InChI is InChI=1S/C18H19N3O2/c1-13(15-7-3-2-4-8-15)17(12-22)21-18(23)20-16-9-5-6-14(10-16)11-19/h2-10,13,17,22H,12H2,1H3,(H2,20,21,23)/t13-,17+/m1/s1. The molecule has 5 heteroatoms. The molecular formula is C18H19N3O2. The number of aliphatic hydroxyl groups is 1. The molecule has 2 rings (SSSR count). The average Bonchev–Trinajstić information content (AvgIpc) is 2.60. The number of carbonyl (C=O) groups excluding carboxylic acids is 1. The molecule has 2 amide bonds. The van der Waals surface area contributed by atoms with Crippen LogP contribution >= 0.6 is 0 Å². The molecule has 0 aromatic heterocycles. The summed E-state index contributed by atoms with van der Waals surface area (Å²) in [6.07, 6.45) is 0. The molecule has 0 heterocycles. The second kappa shape index (κ2) is 7.97. The highest BCUT2D eigenvalue weighted by Crippen LogP contribution is 2.19. The van der Waals surface area contributed by atoms with Crippen LogP contribution in [0, 0.1) is 11.3 Å². The Morgan fingerprint density at radius 1 is 1.22 bits per heavy atom. The first-order valence-electron chi connectivity index (χ1n) is 7.37. The summed E-state index contributed by atoms with van der Waals surface area (Å²) in [5.74, 6) is -0.0302. The number of hydrogen-bond acceptors (Lipinski definition) is 3. The highest BCUT2D eigenvalue weighted by atomic mass is 16.3. The van der Waals surface area contributed by atoms with E-state index in [1.807, 2.05) is 43.3 Å². The van der Waals surface area contributed by atoms with Gasteiger partial charge in [0.25, 0.3) is 0 Å². The molecule has 3 N–H and O–H groups in total. The Kier molecular flexibility index (Phi) is 5.73. The van der Waals surface area contributed by atoms with Gasteiger partial charge in [0.05, 0.1) is 24.3 Å². The molecule has 0 aliphatic rings. The topological polar surface area (TPSA) is 85.2 Å². The van der Waals surface area contributed by atoms with Crippen LogP contribution in [0.5, 0.6) is 0 Å². The lowest BCUT2D eigenvalue weighted by Gasteiger charge is -2.24. The van der Waals surface area contributed by atoms with Crippen molar-refractivity contribution in [1.82, 2.24) is 5.32 Å². The van der Waals surface area contributed by atoms with E-state index >= 15 is 0 Å². The van der Waals surface area contributed by atoms with Crippen molar-refractivity contribution < 1.29 is 9.90 Å². The number of nitriles is 1. The van der Waals surface area contributed by atoms with E-state index in [0.29, 0.717) is 11.3 Å². The Morgan fingerprint density at radius 3 is 2.61 bits per heavy atom. The first kappa shape index (κ1) is 16.5. The number of amides is 2. The number of aliphatic hydroxyl groups excluding tert-OH is 1. The van der Waals surface area contributed by atoms with Crippen molar-refractivity contribution in [3.8, 4) is 6.07 Å². The van der Waals surface area contributed by atoms with Gasteiger partial charge in [-0.3, -0.25) is 0 Å². The number of nitrogens with one attached hydrogen (secondary N) is 2.